The standard InChI is InChI=1S/C4H8N2O2/c5-1-3-2-6-4(7)8-3/h3H,1-2,5H2,(H,6,7)/t3-/m0/s1. The van der Waals surface area contributed by atoms with Gasteiger partial charge in [-0.15, -0.1) is 0 Å². The fourth-order valence-corrected chi connectivity index (χ4v) is 0.563. The molecule has 0 saturated carbocycles. The molecule has 0 radical (unpaired) electrons. The molecule has 4 heteroatoms. The molecule has 0 spiro atoms. The van der Waals surface area contributed by atoms with E-state index in [9.17, 15) is 4.79 Å². The summed E-state index contributed by atoms with van der Waals surface area (Å²) in [5.74, 6) is 0. The molecular formula is C4H8N2O2. The van der Waals surface area contributed by atoms with Crippen LogP contribution in [0.4, 0.5) is 4.79 Å². The smallest absolute Gasteiger partial charge is 0.407 e. The Morgan fingerprint density at radius 3 is 3.00 bits per heavy atom. The van der Waals surface area contributed by atoms with E-state index in [-0.39, 0.29) is 12.2 Å². The van der Waals surface area contributed by atoms with Crippen molar-refractivity contribution in [2.45, 2.75) is 6.10 Å². The average molecular weight is 116 g/mol. The molecule has 1 amide bonds. The first-order valence-electron chi connectivity index (χ1n) is 2.47. The Morgan fingerprint density at radius 1 is 2.00 bits per heavy atom. The van der Waals surface area contributed by atoms with E-state index in [1.165, 1.54) is 0 Å². The maximum atomic E-state index is 10.2. The molecule has 4 nitrogen and oxygen atoms in total. The number of carbonyl (C=O) groups is 1. The van der Waals surface area contributed by atoms with Gasteiger partial charge in [0.1, 0.15) is 6.10 Å². The van der Waals surface area contributed by atoms with Gasteiger partial charge in [0, 0.05) is 6.54 Å². The Morgan fingerprint density at radius 2 is 2.75 bits per heavy atom. The molecule has 0 aromatic carbocycles. The fraction of sp³-hybridized carbons (Fsp3) is 0.750. The van der Waals surface area contributed by atoms with E-state index in [4.69, 9.17) is 5.73 Å². The molecular weight excluding hydrogens is 108 g/mol. The van der Waals surface area contributed by atoms with Gasteiger partial charge in [-0.1, -0.05) is 0 Å². The van der Waals surface area contributed by atoms with E-state index in [0.717, 1.165) is 0 Å². The number of nitrogens with one attached hydrogen (secondary N) is 1. The highest BCUT2D eigenvalue weighted by molar-refractivity contribution is 5.69. The van der Waals surface area contributed by atoms with Gasteiger partial charge < -0.3 is 15.8 Å². The molecule has 1 atom stereocenters. The molecule has 0 aromatic rings. The molecule has 1 aliphatic rings. The second kappa shape index (κ2) is 2.00. The number of alkyl carbamates (subject to hydrolysis) is 1. The highest BCUT2D eigenvalue weighted by Crippen LogP contribution is 1.95. The zero-order valence-corrected chi connectivity index (χ0v) is 4.39. The first-order valence-corrected chi connectivity index (χ1v) is 2.47. The maximum Gasteiger partial charge on any atom is 0.407 e. The minimum Gasteiger partial charge on any atom is -0.443 e. The third kappa shape index (κ3) is 0.894. The van der Waals surface area contributed by atoms with Gasteiger partial charge in [-0.3, -0.25) is 0 Å². The van der Waals surface area contributed by atoms with Crippen molar-refractivity contribution in [2.24, 2.45) is 5.73 Å². The highest BCUT2D eigenvalue weighted by Gasteiger charge is 2.19. The molecule has 1 rings (SSSR count). The van der Waals surface area contributed by atoms with Crippen molar-refractivity contribution < 1.29 is 9.53 Å². The van der Waals surface area contributed by atoms with Crippen LogP contribution in [0.15, 0.2) is 0 Å². The summed E-state index contributed by atoms with van der Waals surface area (Å²) in [4.78, 5) is 10.2. The molecule has 0 unspecified atom stereocenters. The number of ether oxygens (including phenoxy) is 1. The Labute approximate surface area is 47.0 Å². The normalized spacial score (nSPS) is 27.1. The van der Waals surface area contributed by atoms with Gasteiger partial charge in [-0.25, -0.2) is 4.79 Å². The molecule has 8 heavy (non-hydrogen) atoms. The van der Waals surface area contributed by atoms with Crippen LogP contribution < -0.4 is 11.1 Å². The molecule has 0 aromatic heterocycles. The molecule has 1 aliphatic heterocycles. The zero-order valence-electron chi connectivity index (χ0n) is 4.39. The second-order valence-corrected chi connectivity index (χ2v) is 1.64. The minimum atomic E-state index is -0.361. The molecule has 1 fully saturated rings. The monoisotopic (exact) mass is 116 g/mol. The van der Waals surface area contributed by atoms with Crippen molar-refractivity contribution in [1.29, 1.82) is 0 Å². The van der Waals surface area contributed by atoms with Crippen LogP contribution in [0.5, 0.6) is 0 Å². The largest absolute Gasteiger partial charge is 0.443 e. The SMILES string of the molecule is NC[C@H]1CNC(=O)O1. The number of rotatable bonds is 1. The van der Waals surface area contributed by atoms with Crippen LogP contribution >= 0.6 is 0 Å². The lowest BCUT2D eigenvalue weighted by Gasteiger charge is -1.99. The summed E-state index contributed by atoms with van der Waals surface area (Å²) < 4.78 is 4.64. The summed E-state index contributed by atoms with van der Waals surface area (Å²) in [5.41, 5.74) is 5.18. The van der Waals surface area contributed by atoms with Gasteiger partial charge in [0.15, 0.2) is 0 Å². The number of cyclic esters (lactones) is 1. The second-order valence-electron chi connectivity index (χ2n) is 1.64. The van der Waals surface area contributed by atoms with E-state index >= 15 is 0 Å². The number of nitrogens with two attached hydrogens (primary N) is 1. The van der Waals surface area contributed by atoms with E-state index in [0.29, 0.717) is 13.1 Å². The summed E-state index contributed by atoms with van der Waals surface area (Å²) in [7, 11) is 0. The maximum absolute atomic E-state index is 10.2. The highest BCUT2D eigenvalue weighted by atomic mass is 16.6. The third-order valence-corrected chi connectivity index (χ3v) is 1.01. The molecule has 0 aliphatic carbocycles. The van der Waals surface area contributed by atoms with Crippen molar-refractivity contribution in [3.63, 3.8) is 0 Å². The third-order valence-electron chi connectivity index (χ3n) is 1.01. The lowest BCUT2D eigenvalue weighted by Crippen LogP contribution is -2.23. The Bertz CT molecular complexity index is 104. The van der Waals surface area contributed by atoms with Crippen molar-refractivity contribution >= 4 is 6.09 Å². The fourth-order valence-electron chi connectivity index (χ4n) is 0.563. The molecule has 3 N–H and O–H groups in total. The summed E-state index contributed by atoms with van der Waals surface area (Å²) in [6.45, 7) is 0.952. The number of carbonyl (C=O) groups excluding carboxylic acids is 1. The van der Waals surface area contributed by atoms with E-state index in [1.807, 2.05) is 0 Å². The Balaban J connectivity index is 2.32. The first kappa shape index (κ1) is 5.37. The van der Waals surface area contributed by atoms with E-state index in [1.54, 1.807) is 0 Å². The van der Waals surface area contributed by atoms with Crippen LogP contribution in [0, 0.1) is 0 Å². The predicted molar refractivity (Wildman–Crippen MR) is 27.3 cm³/mol. The number of hydrogen-bond acceptors (Lipinski definition) is 3. The lowest BCUT2D eigenvalue weighted by molar-refractivity contribution is 0.144. The van der Waals surface area contributed by atoms with Crippen molar-refractivity contribution in [1.82, 2.24) is 5.32 Å². The minimum absolute atomic E-state index is 0.109. The van der Waals surface area contributed by atoms with Crippen molar-refractivity contribution in [3.05, 3.63) is 0 Å². The zero-order chi connectivity index (χ0) is 5.98. The van der Waals surface area contributed by atoms with Crippen LogP contribution in [0.25, 0.3) is 0 Å². The van der Waals surface area contributed by atoms with Crippen molar-refractivity contribution in [3.8, 4) is 0 Å². The van der Waals surface area contributed by atoms with Gasteiger partial charge in [0.25, 0.3) is 0 Å². The molecule has 1 saturated heterocycles. The van der Waals surface area contributed by atoms with Crippen LogP contribution in [0.3, 0.4) is 0 Å². The summed E-state index contributed by atoms with van der Waals surface area (Å²) in [6.07, 6.45) is -0.469. The van der Waals surface area contributed by atoms with Crippen LogP contribution in [0.2, 0.25) is 0 Å². The quantitative estimate of drug-likeness (QED) is 0.464. The average Bonchev–Trinajstić information content (AvgIpc) is 2.14. The molecule has 46 valence electrons. The van der Waals surface area contributed by atoms with Crippen LogP contribution in [0.1, 0.15) is 0 Å². The number of amides is 1. The molecule has 0 bridgehead atoms. The van der Waals surface area contributed by atoms with Crippen LogP contribution in [-0.4, -0.2) is 25.3 Å². The summed E-state index contributed by atoms with van der Waals surface area (Å²) >= 11 is 0. The lowest BCUT2D eigenvalue weighted by atomic mass is 10.4. The van der Waals surface area contributed by atoms with Gasteiger partial charge in [0.2, 0.25) is 0 Å². The number of hydrogen-bond donors (Lipinski definition) is 2. The van der Waals surface area contributed by atoms with Crippen LogP contribution in [-0.2, 0) is 4.74 Å². The van der Waals surface area contributed by atoms with Gasteiger partial charge in [-0.2, -0.15) is 0 Å². The first-order chi connectivity index (χ1) is 3.83. The van der Waals surface area contributed by atoms with E-state index in [2.05, 4.69) is 10.1 Å². The Hall–Kier alpha value is -0.770. The summed E-state index contributed by atoms with van der Waals surface area (Å²) in [5, 5.41) is 2.48. The van der Waals surface area contributed by atoms with E-state index < -0.39 is 0 Å². The van der Waals surface area contributed by atoms with Gasteiger partial charge in [-0.05, 0) is 0 Å². The van der Waals surface area contributed by atoms with Gasteiger partial charge in [0.05, 0.1) is 6.54 Å². The summed E-state index contributed by atoms with van der Waals surface area (Å²) in [6, 6.07) is 0. The van der Waals surface area contributed by atoms with Crippen molar-refractivity contribution in [2.75, 3.05) is 13.1 Å². The molecule has 1 heterocycles. The Kier molecular flexibility index (Phi) is 1.34. The van der Waals surface area contributed by atoms with Gasteiger partial charge >= 0.3 is 6.09 Å². The topological polar surface area (TPSA) is 64.3 Å². The predicted octanol–water partition coefficient (Wildman–Crippen LogP) is -0.947.